The second-order valence-corrected chi connectivity index (χ2v) is 3.60. The van der Waals surface area contributed by atoms with Crippen LogP contribution in [0.4, 0.5) is 8.78 Å². The molecule has 0 spiro atoms. The van der Waals surface area contributed by atoms with Gasteiger partial charge in [0.2, 0.25) is 0 Å². The quantitative estimate of drug-likeness (QED) is 0.533. The van der Waals surface area contributed by atoms with E-state index in [1.165, 1.54) is 6.92 Å². The number of alkyl halides is 2. The van der Waals surface area contributed by atoms with Gasteiger partial charge in [-0.1, -0.05) is 0 Å². The summed E-state index contributed by atoms with van der Waals surface area (Å²) >= 11 is 0. The van der Waals surface area contributed by atoms with E-state index >= 15 is 0 Å². The number of esters is 1. The number of hydrogen-bond donors (Lipinski definition) is 1. The van der Waals surface area contributed by atoms with Crippen LogP contribution in [0.2, 0.25) is 0 Å². The van der Waals surface area contributed by atoms with E-state index in [0.29, 0.717) is 0 Å². The van der Waals surface area contributed by atoms with E-state index in [-0.39, 0.29) is 6.61 Å². The summed E-state index contributed by atoms with van der Waals surface area (Å²) < 4.78 is 57.0. The molecule has 5 nitrogen and oxygen atoms in total. The van der Waals surface area contributed by atoms with Gasteiger partial charge in [-0.25, -0.2) is 4.79 Å². The van der Waals surface area contributed by atoms with Crippen molar-refractivity contribution in [3.05, 3.63) is 0 Å². The molecular weight excluding hydrogens is 210 g/mol. The van der Waals surface area contributed by atoms with Crippen molar-refractivity contribution in [2.75, 3.05) is 12.4 Å². The van der Waals surface area contributed by atoms with Crippen molar-refractivity contribution in [2.45, 2.75) is 12.8 Å². The number of carbonyl (C=O) groups excluding carboxylic acids is 1. The summed E-state index contributed by atoms with van der Waals surface area (Å²) in [6, 6.07) is 0. The van der Waals surface area contributed by atoms with Gasteiger partial charge in [0, 0.05) is 0 Å². The van der Waals surface area contributed by atoms with Crippen LogP contribution in [0.3, 0.4) is 0 Å². The van der Waals surface area contributed by atoms with Crippen LogP contribution in [-0.4, -0.2) is 37.2 Å². The standard InChI is InChI=1S/C5H8F2O5S/c1-2-12-4(8)5(6,7)3-13(9,10)11/h2-3H2,1H3,(H,9,10,11). The molecule has 0 unspecified atom stereocenters. The molecule has 0 aromatic heterocycles. The van der Waals surface area contributed by atoms with Gasteiger partial charge in [0.15, 0.2) is 5.75 Å². The van der Waals surface area contributed by atoms with Crippen molar-refractivity contribution in [3.63, 3.8) is 0 Å². The van der Waals surface area contributed by atoms with Crippen LogP contribution in [-0.2, 0) is 19.6 Å². The minimum atomic E-state index is -4.90. The average Bonchev–Trinajstić information content (AvgIpc) is 1.82. The summed E-state index contributed by atoms with van der Waals surface area (Å²) in [4.78, 5) is 10.4. The minimum absolute atomic E-state index is 0.292. The normalized spacial score (nSPS) is 12.6. The predicted octanol–water partition coefficient (Wildman–Crippen LogP) is 0.0726. The molecule has 0 aliphatic heterocycles. The molecule has 0 atom stereocenters. The molecule has 0 amide bonds. The first-order valence-corrected chi connectivity index (χ1v) is 4.80. The molecule has 0 aromatic rings. The first-order valence-electron chi connectivity index (χ1n) is 3.19. The van der Waals surface area contributed by atoms with Gasteiger partial charge in [0.05, 0.1) is 6.61 Å². The first-order chi connectivity index (χ1) is 5.69. The fourth-order valence-electron chi connectivity index (χ4n) is 0.525. The monoisotopic (exact) mass is 218 g/mol. The third-order valence-electron chi connectivity index (χ3n) is 0.938. The predicted molar refractivity (Wildman–Crippen MR) is 38.0 cm³/mol. The van der Waals surface area contributed by atoms with Gasteiger partial charge in [-0.15, -0.1) is 0 Å². The Morgan fingerprint density at radius 3 is 2.31 bits per heavy atom. The van der Waals surface area contributed by atoms with Gasteiger partial charge >= 0.3 is 11.9 Å². The summed E-state index contributed by atoms with van der Waals surface area (Å²) in [5.74, 6) is -8.13. The number of rotatable bonds is 4. The maximum atomic E-state index is 12.5. The largest absolute Gasteiger partial charge is 0.462 e. The highest BCUT2D eigenvalue weighted by Gasteiger charge is 2.44. The van der Waals surface area contributed by atoms with E-state index in [1.807, 2.05) is 0 Å². The van der Waals surface area contributed by atoms with Crippen molar-refractivity contribution in [1.82, 2.24) is 0 Å². The van der Waals surface area contributed by atoms with Crippen molar-refractivity contribution in [1.29, 1.82) is 0 Å². The van der Waals surface area contributed by atoms with Crippen molar-refractivity contribution >= 4 is 16.1 Å². The molecular formula is C5H8F2O5S. The summed E-state index contributed by atoms with van der Waals surface area (Å²) in [6.45, 7) is 1.00. The molecule has 0 aromatic carbocycles. The molecule has 13 heavy (non-hydrogen) atoms. The van der Waals surface area contributed by atoms with E-state index in [4.69, 9.17) is 4.55 Å². The summed E-state index contributed by atoms with van der Waals surface area (Å²) in [7, 11) is -4.90. The summed E-state index contributed by atoms with van der Waals surface area (Å²) in [5.41, 5.74) is 0. The Kier molecular flexibility index (Phi) is 3.73. The molecule has 0 bridgehead atoms. The zero-order valence-electron chi connectivity index (χ0n) is 6.66. The second kappa shape index (κ2) is 3.97. The molecule has 0 aliphatic rings. The summed E-state index contributed by atoms with van der Waals surface area (Å²) in [6.07, 6.45) is 0. The molecule has 8 heteroatoms. The van der Waals surface area contributed by atoms with Crippen LogP contribution < -0.4 is 0 Å². The van der Waals surface area contributed by atoms with Crippen LogP contribution in [0.15, 0.2) is 0 Å². The lowest BCUT2D eigenvalue weighted by atomic mass is 10.4. The highest BCUT2D eigenvalue weighted by atomic mass is 32.2. The van der Waals surface area contributed by atoms with E-state index in [1.54, 1.807) is 0 Å². The number of carbonyl (C=O) groups is 1. The molecule has 0 fully saturated rings. The Morgan fingerprint density at radius 2 is 2.00 bits per heavy atom. The average molecular weight is 218 g/mol. The maximum Gasteiger partial charge on any atom is 0.378 e. The van der Waals surface area contributed by atoms with Crippen molar-refractivity contribution in [3.8, 4) is 0 Å². The Morgan fingerprint density at radius 1 is 1.54 bits per heavy atom. The zero-order valence-corrected chi connectivity index (χ0v) is 7.48. The van der Waals surface area contributed by atoms with E-state index in [9.17, 15) is 22.0 Å². The Balaban J connectivity index is 4.49. The lowest BCUT2D eigenvalue weighted by Crippen LogP contribution is -2.37. The van der Waals surface area contributed by atoms with Crippen LogP contribution >= 0.6 is 0 Å². The number of ether oxygens (including phenoxy) is 1. The number of hydrogen-bond acceptors (Lipinski definition) is 4. The third-order valence-corrected chi connectivity index (χ3v) is 1.67. The van der Waals surface area contributed by atoms with Gasteiger partial charge < -0.3 is 4.74 Å². The van der Waals surface area contributed by atoms with E-state index < -0.39 is 27.8 Å². The minimum Gasteiger partial charge on any atom is -0.462 e. The van der Waals surface area contributed by atoms with Crippen LogP contribution in [0.25, 0.3) is 0 Å². The van der Waals surface area contributed by atoms with Crippen LogP contribution in [0, 0.1) is 0 Å². The molecule has 0 saturated heterocycles. The van der Waals surface area contributed by atoms with Gasteiger partial charge in [-0.2, -0.15) is 17.2 Å². The van der Waals surface area contributed by atoms with Gasteiger partial charge in [-0.05, 0) is 6.92 Å². The lowest BCUT2D eigenvalue weighted by Gasteiger charge is -2.11. The van der Waals surface area contributed by atoms with Crippen LogP contribution in [0.1, 0.15) is 6.92 Å². The fraction of sp³-hybridized carbons (Fsp3) is 0.800. The summed E-state index contributed by atoms with van der Waals surface area (Å²) in [5, 5.41) is 0. The van der Waals surface area contributed by atoms with Gasteiger partial charge in [0.25, 0.3) is 10.1 Å². The highest BCUT2D eigenvalue weighted by Crippen LogP contribution is 2.17. The highest BCUT2D eigenvalue weighted by molar-refractivity contribution is 7.85. The van der Waals surface area contributed by atoms with Crippen LogP contribution in [0.5, 0.6) is 0 Å². The van der Waals surface area contributed by atoms with Gasteiger partial charge in [-0.3, -0.25) is 4.55 Å². The molecule has 0 heterocycles. The Labute approximate surface area is 73.4 Å². The fourth-order valence-corrected chi connectivity index (χ4v) is 1.10. The first kappa shape index (κ1) is 12.2. The van der Waals surface area contributed by atoms with E-state index in [0.717, 1.165) is 0 Å². The van der Waals surface area contributed by atoms with Crippen molar-refractivity contribution < 1.29 is 31.3 Å². The smallest absolute Gasteiger partial charge is 0.378 e. The lowest BCUT2D eigenvalue weighted by molar-refractivity contribution is -0.168. The molecule has 1 N–H and O–H groups in total. The molecule has 0 aliphatic carbocycles. The molecule has 0 saturated carbocycles. The maximum absolute atomic E-state index is 12.5. The third kappa shape index (κ3) is 4.73. The number of halogens is 2. The SMILES string of the molecule is CCOC(=O)C(F)(F)CS(=O)(=O)O. The topological polar surface area (TPSA) is 80.7 Å². The van der Waals surface area contributed by atoms with Crippen molar-refractivity contribution in [2.24, 2.45) is 0 Å². The molecule has 78 valence electrons. The Bertz CT molecular complexity index is 283. The molecule has 0 radical (unpaired) electrons. The molecule has 0 rings (SSSR count). The zero-order chi connectivity index (χ0) is 10.7. The van der Waals surface area contributed by atoms with E-state index in [2.05, 4.69) is 4.74 Å². The second-order valence-electron chi connectivity index (χ2n) is 2.15. The Hall–Kier alpha value is -0.760. The van der Waals surface area contributed by atoms with Gasteiger partial charge in [0.1, 0.15) is 0 Å².